The maximum Gasteiger partial charge on any atom is 0.0698 e. The maximum atomic E-state index is 9.08. The molecule has 1 aliphatic carbocycles. The first-order valence-corrected chi connectivity index (χ1v) is 6.01. The first kappa shape index (κ1) is 10.9. The Morgan fingerprint density at radius 3 is 2.87 bits per heavy atom. The summed E-state index contributed by atoms with van der Waals surface area (Å²) in [5, 5.41) is 9.08. The zero-order valence-electron chi connectivity index (χ0n) is 9.48. The van der Waals surface area contributed by atoms with Gasteiger partial charge in [-0.1, -0.05) is 6.42 Å². The van der Waals surface area contributed by atoms with Gasteiger partial charge in [-0.05, 0) is 32.2 Å². The van der Waals surface area contributed by atoms with Gasteiger partial charge in [0, 0.05) is 19.7 Å². The van der Waals surface area contributed by atoms with Gasteiger partial charge in [0.05, 0.1) is 18.1 Å². The van der Waals surface area contributed by atoms with Gasteiger partial charge < -0.3 is 4.74 Å². The van der Waals surface area contributed by atoms with Gasteiger partial charge in [-0.2, -0.15) is 5.26 Å². The van der Waals surface area contributed by atoms with E-state index in [1.165, 1.54) is 25.7 Å². The van der Waals surface area contributed by atoms with Crippen LogP contribution in [-0.2, 0) is 4.74 Å². The van der Waals surface area contributed by atoms with E-state index in [9.17, 15) is 0 Å². The minimum absolute atomic E-state index is 0.264. The quantitative estimate of drug-likeness (QED) is 0.694. The standard InChI is InChI=1S/C12H20N2O/c1-15-11-5-3-7-14(9-11)12-6-2-4-10(12)8-13/h10-12H,2-7,9H2,1H3. The van der Waals surface area contributed by atoms with Crippen molar-refractivity contribution in [3.63, 3.8) is 0 Å². The highest BCUT2D eigenvalue weighted by atomic mass is 16.5. The van der Waals surface area contributed by atoms with Crippen molar-refractivity contribution >= 4 is 0 Å². The highest BCUT2D eigenvalue weighted by molar-refractivity contribution is 4.98. The highest BCUT2D eigenvalue weighted by Crippen LogP contribution is 2.31. The molecule has 1 heterocycles. The minimum Gasteiger partial charge on any atom is -0.380 e. The average molecular weight is 208 g/mol. The summed E-state index contributed by atoms with van der Waals surface area (Å²) in [6, 6.07) is 2.97. The molecule has 2 aliphatic rings. The van der Waals surface area contributed by atoms with Gasteiger partial charge >= 0.3 is 0 Å². The Morgan fingerprint density at radius 1 is 1.27 bits per heavy atom. The van der Waals surface area contributed by atoms with Crippen molar-refractivity contribution < 1.29 is 4.74 Å². The van der Waals surface area contributed by atoms with Gasteiger partial charge in [0.1, 0.15) is 0 Å². The van der Waals surface area contributed by atoms with Gasteiger partial charge in [0.2, 0.25) is 0 Å². The van der Waals surface area contributed by atoms with Gasteiger partial charge in [0.25, 0.3) is 0 Å². The van der Waals surface area contributed by atoms with Crippen LogP contribution in [0.3, 0.4) is 0 Å². The molecule has 3 nitrogen and oxygen atoms in total. The molecule has 0 N–H and O–H groups in total. The Hall–Kier alpha value is -0.590. The van der Waals surface area contributed by atoms with Crippen molar-refractivity contribution in [1.29, 1.82) is 5.26 Å². The average Bonchev–Trinajstić information content (AvgIpc) is 2.77. The third-order valence-electron chi connectivity index (χ3n) is 3.86. The topological polar surface area (TPSA) is 36.3 Å². The Bertz CT molecular complexity index is 248. The van der Waals surface area contributed by atoms with Crippen molar-refractivity contribution in [1.82, 2.24) is 4.90 Å². The fourth-order valence-corrected chi connectivity index (χ4v) is 2.99. The Morgan fingerprint density at radius 2 is 2.13 bits per heavy atom. The lowest BCUT2D eigenvalue weighted by molar-refractivity contribution is 0.0112. The number of nitriles is 1. The molecule has 1 aliphatic heterocycles. The zero-order valence-corrected chi connectivity index (χ0v) is 9.48. The summed E-state index contributed by atoms with van der Waals surface area (Å²) < 4.78 is 5.43. The molecule has 0 spiro atoms. The minimum atomic E-state index is 0.264. The second kappa shape index (κ2) is 4.96. The van der Waals surface area contributed by atoms with Crippen LogP contribution in [0.15, 0.2) is 0 Å². The molecule has 1 saturated heterocycles. The lowest BCUT2D eigenvalue weighted by Gasteiger charge is -2.37. The van der Waals surface area contributed by atoms with E-state index in [0.717, 1.165) is 19.5 Å². The Kier molecular flexibility index (Phi) is 3.61. The maximum absolute atomic E-state index is 9.08. The molecule has 0 aromatic carbocycles. The number of methoxy groups -OCH3 is 1. The van der Waals surface area contributed by atoms with E-state index < -0.39 is 0 Å². The van der Waals surface area contributed by atoms with Crippen molar-refractivity contribution in [2.45, 2.75) is 44.2 Å². The normalized spacial score (nSPS) is 37.7. The van der Waals surface area contributed by atoms with E-state index >= 15 is 0 Å². The molecule has 2 fully saturated rings. The number of hydrogen-bond donors (Lipinski definition) is 0. The molecule has 0 aromatic heterocycles. The summed E-state index contributed by atoms with van der Waals surface area (Å²) in [6.45, 7) is 2.18. The summed E-state index contributed by atoms with van der Waals surface area (Å²) in [6.07, 6.45) is 6.30. The van der Waals surface area contributed by atoms with Crippen LogP contribution in [0.5, 0.6) is 0 Å². The number of nitrogens with zero attached hydrogens (tertiary/aromatic N) is 2. The Balaban J connectivity index is 1.95. The number of hydrogen-bond acceptors (Lipinski definition) is 3. The molecule has 15 heavy (non-hydrogen) atoms. The van der Waals surface area contributed by atoms with Crippen LogP contribution in [-0.4, -0.2) is 37.2 Å². The van der Waals surface area contributed by atoms with Crippen LogP contribution < -0.4 is 0 Å². The van der Waals surface area contributed by atoms with Crippen LogP contribution in [0.2, 0.25) is 0 Å². The molecule has 1 saturated carbocycles. The molecule has 0 amide bonds. The molecule has 3 heteroatoms. The first-order valence-electron chi connectivity index (χ1n) is 6.01. The zero-order chi connectivity index (χ0) is 10.7. The second-order valence-electron chi connectivity index (χ2n) is 4.73. The molecule has 84 valence electrons. The van der Waals surface area contributed by atoms with E-state index in [0.29, 0.717) is 12.1 Å². The summed E-state index contributed by atoms with van der Waals surface area (Å²) in [4.78, 5) is 2.48. The second-order valence-corrected chi connectivity index (χ2v) is 4.73. The number of ether oxygens (including phenoxy) is 1. The molecule has 3 unspecified atom stereocenters. The van der Waals surface area contributed by atoms with Crippen molar-refractivity contribution in [3.8, 4) is 6.07 Å². The van der Waals surface area contributed by atoms with E-state index in [1.807, 2.05) is 0 Å². The lowest BCUT2D eigenvalue weighted by atomic mass is 9.99. The summed E-state index contributed by atoms with van der Waals surface area (Å²) in [5.74, 6) is 0.264. The fraction of sp³-hybridized carbons (Fsp3) is 0.917. The largest absolute Gasteiger partial charge is 0.380 e. The van der Waals surface area contributed by atoms with Crippen LogP contribution in [0, 0.1) is 17.2 Å². The molecule has 0 bridgehead atoms. The third kappa shape index (κ3) is 2.32. The predicted octanol–water partition coefficient (Wildman–Crippen LogP) is 1.79. The monoisotopic (exact) mass is 208 g/mol. The van der Waals surface area contributed by atoms with E-state index in [4.69, 9.17) is 10.00 Å². The molecular formula is C12H20N2O. The summed E-state index contributed by atoms with van der Waals surface area (Å²) >= 11 is 0. The molecule has 3 atom stereocenters. The first-order chi connectivity index (χ1) is 7.35. The van der Waals surface area contributed by atoms with Crippen molar-refractivity contribution in [2.75, 3.05) is 20.2 Å². The van der Waals surface area contributed by atoms with Crippen LogP contribution >= 0.6 is 0 Å². The Labute approximate surface area is 92.0 Å². The summed E-state index contributed by atoms with van der Waals surface area (Å²) in [7, 11) is 1.80. The SMILES string of the molecule is COC1CCCN(C2CCCC2C#N)C1. The smallest absolute Gasteiger partial charge is 0.0698 e. The van der Waals surface area contributed by atoms with Gasteiger partial charge in [-0.25, -0.2) is 0 Å². The predicted molar refractivity (Wildman–Crippen MR) is 58.3 cm³/mol. The van der Waals surface area contributed by atoms with E-state index in [1.54, 1.807) is 7.11 Å². The lowest BCUT2D eigenvalue weighted by Crippen LogP contribution is -2.46. The number of rotatable bonds is 2. The molecule has 2 rings (SSSR count). The van der Waals surface area contributed by atoms with Crippen molar-refractivity contribution in [3.05, 3.63) is 0 Å². The van der Waals surface area contributed by atoms with Gasteiger partial charge in [0.15, 0.2) is 0 Å². The van der Waals surface area contributed by atoms with Gasteiger partial charge in [-0.15, -0.1) is 0 Å². The number of likely N-dealkylation sites (tertiary alicyclic amines) is 1. The fourth-order valence-electron chi connectivity index (χ4n) is 2.99. The van der Waals surface area contributed by atoms with Gasteiger partial charge in [-0.3, -0.25) is 4.90 Å². The van der Waals surface area contributed by atoms with Crippen molar-refractivity contribution in [2.24, 2.45) is 5.92 Å². The molecular weight excluding hydrogens is 188 g/mol. The third-order valence-corrected chi connectivity index (χ3v) is 3.86. The molecule has 0 aromatic rings. The number of piperidine rings is 1. The summed E-state index contributed by atoms with van der Waals surface area (Å²) in [5.41, 5.74) is 0. The van der Waals surface area contributed by atoms with E-state index in [2.05, 4.69) is 11.0 Å². The van der Waals surface area contributed by atoms with Crippen LogP contribution in [0.25, 0.3) is 0 Å². The molecule has 0 radical (unpaired) electrons. The van der Waals surface area contributed by atoms with E-state index in [-0.39, 0.29) is 5.92 Å². The van der Waals surface area contributed by atoms with Crippen LogP contribution in [0.4, 0.5) is 0 Å². The van der Waals surface area contributed by atoms with Crippen LogP contribution in [0.1, 0.15) is 32.1 Å². The highest BCUT2D eigenvalue weighted by Gasteiger charge is 2.34.